The van der Waals surface area contributed by atoms with E-state index >= 15 is 0 Å². The summed E-state index contributed by atoms with van der Waals surface area (Å²) in [6.45, 7) is 4.74. The van der Waals surface area contributed by atoms with E-state index in [4.69, 9.17) is 16.3 Å². The van der Waals surface area contributed by atoms with Crippen LogP contribution < -0.4 is 10.1 Å². The number of anilines is 1. The molecule has 1 N–H and O–H groups in total. The zero-order valence-corrected chi connectivity index (χ0v) is 12.0. The minimum atomic E-state index is 0.602. The van der Waals surface area contributed by atoms with Crippen LogP contribution in [0.2, 0.25) is 5.02 Å². The molecule has 0 saturated carbocycles. The monoisotopic (exact) mass is 277 g/mol. The topological polar surface area (TPSA) is 47.0 Å². The summed E-state index contributed by atoms with van der Waals surface area (Å²) >= 11 is 6.06. The molecule has 2 rings (SSSR count). The van der Waals surface area contributed by atoms with Crippen molar-refractivity contribution in [3.63, 3.8) is 0 Å². The van der Waals surface area contributed by atoms with Crippen LogP contribution in [0.15, 0.2) is 24.4 Å². The molecule has 0 unspecified atom stereocenters. The maximum Gasteiger partial charge on any atom is 0.223 e. The van der Waals surface area contributed by atoms with Gasteiger partial charge in [0.05, 0.1) is 12.8 Å². The molecule has 19 heavy (non-hydrogen) atoms. The molecule has 0 aliphatic rings. The van der Waals surface area contributed by atoms with Crippen molar-refractivity contribution >= 4 is 17.5 Å². The predicted molar refractivity (Wildman–Crippen MR) is 77.9 cm³/mol. The number of nitrogens with zero attached hydrogens (tertiary/aromatic N) is 2. The Bertz CT molecular complexity index is 587. The highest BCUT2D eigenvalue weighted by atomic mass is 35.5. The van der Waals surface area contributed by atoms with Crippen molar-refractivity contribution in [3.8, 4) is 17.0 Å². The lowest BCUT2D eigenvalue weighted by Crippen LogP contribution is -2.04. The summed E-state index contributed by atoms with van der Waals surface area (Å²) in [7, 11) is 1.63. The van der Waals surface area contributed by atoms with E-state index in [2.05, 4.69) is 15.3 Å². The van der Waals surface area contributed by atoms with Crippen molar-refractivity contribution in [2.45, 2.75) is 13.8 Å². The Balaban J connectivity index is 2.56. The van der Waals surface area contributed by atoms with E-state index < -0.39 is 0 Å². The SMILES string of the molecule is CCNc1ncc(C)c(-c2cc(Cl)ccc2OC)n1. The Morgan fingerprint density at radius 1 is 1.37 bits per heavy atom. The largest absolute Gasteiger partial charge is 0.496 e. The van der Waals surface area contributed by atoms with Gasteiger partial charge in [-0.05, 0) is 37.6 Å². The Hall–Kier alpha value is -1.81. The Morgan fingerprint density at radius 2 is 2.16 bits per heavy atom. The third-order valence-electron chi connectivity index (χ3n) is 2.72. The number of rotatable bonds is 4. The lowest BCUT2D eigenvalue weighted by atomic mass is 10.1. The predicted octanol–water partition coefficient (Wildman–Crippen LogP) is 3.55. The van der Waals surface area contributed by atoms with Gasteiger partial charge in [-0.2, -0.15) is 0 Å². The fourth-order valence-corrected chi connectivity index (χ4v) is 2.00. The lowest BCUT2D eigenvalue weighted by molar-refractivity contribution is 0.416. The number of nitrogens with one attached hydrogen (secondary N) is 1. The number of methoxy groups -OCH3 is 1. The first-order valence-corrected chi connectivity index (χ1v) is 6.45. The fraction of sp³-hybridized carbons (Fsp3) is 0.286. The highest BCUT2D eigenvalue weighted by Crippen LogP contribution is 2.33. The molecule has 0 radical (unpaired) electrons. The molecule has 2 aromatic rings. The highest BCUT2D eigenvalue weighted by molar-refractivity contribution is 6.31. The maximum absolute atomic E-state index is 6.06. The van der Waals surface area contributed by atoms with Gasteiger partial charge < -0.3 is 10.1 Å². The smallest absolute Gasteiger partial charge is 0.223 e. The highest BCUT2D eigenvalue weighted by Gasteiger charge is 2.12. The summed E-state index contributed by atoms with van der Waals surface area (Å²) in [5, 5.41) is 3.75. The molecule has 0 aliphatic carbocycles. The van der Waals surface area contributed by atoms with Crippen LogP contribution in [0.4, 0.5) is 5.95 Å². The van der Waals surface area contributed by atoms with Gasteiger partial charge in [-0.25, -0.2) is 9.97 Å². The standard InChI is InChI=1S/C14H16ClN3O/c1-4-16-14-17-8-9(2)13(18-14)11-7-10(15)5-6-12(11)19-3/h5-8H,4H2,1-3H3,(H,16,17,18). The van der Waals surface area contributed by atoms with Crippen molar-refractivity contribution < 1.29 is 4.74 Å². The third kappa shape index (κ3) is 2.96. The van der Waals surface area contributed by atoms with Gasteiger partial charge in [-0.1, -0.05) is 11.6 Å². The van der Waals surface area contributed by atoms with Gasteiger partial charge in [0, 0.05) is 23.3 Å². The second-order valence-electron chi connectivity index (χ2n) is 4.10. The summed E-state index contributed by atoms with van der Waals surface area (Å²) in [4.78, 5) is 8.76. The summed E-state index contributed by atoms with van der Waals surface area (Å²) in [5.41, 5.74) is 2.67. The van der Waals surface area contributed by atoms with Crippen LogP contribution in [0.5, 0.6) is 5.75 Å². The first-order chi connectivity index (χ1) is 9.15. The normalized spacial score (nSPS) is 10.3. The van der Waals surface area contributed by atoms with Crippen LogP contribution in [0, 0.1) is 6.92 Å². The Labute approximate surface area is 117 Å². The number of hydrogen-bond donors (Lipinski definition) is 1. The molecule has 0 atom stereocenters. The Kier molecular flexibility index (Phi) is 4.22. The van der Waals surface area contributed by atoms with Crippen molar-refractivity contribution in [1.82, 2.24) is 9.97 Å². The second kappa shape index (κ2) is 5.89. The van der Waals surface area contributed by atoms with Crippen LogP contribution in [-0.4, -0.2) is 23.6 Å². The van der Waals surface area contributed by atoms with Crippen molar-refractivity contribution in [2.75, 3.05) is 19.0 Å². The molecule has 1 aromatic heterocycles. The van der Waals surface area contributed by atoms with E-state index in [1.807, 2.05) is 26.0 Å². The van der Waals surface area contributed by atoms with E-state index in [1.165, 1.54) is 0 Å². The van der Waals surface area contributed by atoms with E-state index in [9.17, 15) is 0 Å². The van der Waals surface area contributed by atoms with E-state index in [0.717, 1.165) is 29.1 Å². The molecule has 0 amide bonds. The lowest BCUT2D eigenvalue weighted by Gasteiger charge is -2.12. The molecule has 0 spiro atoms. The number of ether oxygens (including phenoxy) is 1. The van der Waals surface area contributed by atoms with Gasteiger partial charge in [0.25, 0.3) is 0 Å². The minimum Gasteiger partial charge on any atom is -0.496 e. The second-order valence-corrected chi connectivity index (χ2v) is 4.54. The van der Waals surface area contributed by atoms with Gasteiger partial charge in [-0.15, -0.1) is 0 Å². The van der Waals surface area contributed by atoms with Crippen LogP contribution in [0.3, 0.4) is 0 Å². The van der Waals surface area contributed by atoms with Crippen molar-refractivity contribution in [2.24, 2.45) is 0 Å². The average molecular weight is 278 g/mol. The first kappa shape index (κ1) is 13.6. The van der Waals surface area contributed by atoms with Crippen LogP contribution in [0.25, 0.3) is 11.3 Å². The zero-order chi connectivity index (χ0) is 13.8. The van der Waals surface area contributed by atoms with E-state index in [0.29, 0.717) is 11.0 Å². The summed E-state index contributed by atoms with van der Waals surface area (Å²) in [6, 6.07) is 5.49. The van der Waals surface area contributed by atoms with Gasteiger partial charge in [0.15, 0.2) is 0 Å². The molecule has 5 heteroatoms. The maximum atomic E-state index is 6.06. The number of aromatic nitrogens is 2. The molecule has 0 fully saturated rings. The Morgan fingerprint density at radius 3 is 2.84 bits per heavy atom. The molecular formula is C14H16ClN3O. The summed E-state index contributed by atoms with van der Waals surface area (Å²) in [5.74, 6) is 1.35. The molecule has 1 heterocycles. The van der Waals surface area contributed by atoms with Gasteiger partial charge in [-0.3, -0.25) is 0 Å². The average Bonchev–Trinajstić information content (AvgIpc) is 2.41. The molecule has 0 aliphatic heterocycles. The number of halogens is 1. The summed E-state index contributed by atoms with van der Waals surface area (Å²) in [6.07, 6.45) is 1.79. The number of aryl methyl sites for hydroxylation is 1. The van der Waals surface area contributed by atoms with Gasteiger partial charge in [0.1, 0.15) is 5.75 Å². The van der Waals surface area contributed by atoms with Gasteiger partial charge in [0.2, 0.25) is 5.95 Å². The molecule has 100 valence electrons. The van der Waals surface area contributed by atoms with Crippen LogP contribution in [0.1, 0.15) is 12.5 Å². The first-order valence-electron chi connectivity index (χ1n) is 6.07. The number of hydrogen-bond acceptors (Lipinski definition) is 4. The number of benzene rings is 1. The van der Waals surface area contributed by atoms with Gasteiger partial charge >= 0.3 is 0 Å². The van der Waals surface area contributed by atoms with Crippen molar-refractivity contribution in [3.05, 3.63) is 35.0 Å². The van der Waals surface area contributed by atoms with E-state index in [1.54, 1.807) is 19.4 Å². The summed E-state index contributed by atoms with van der Waals surface area (Å²) < 4.78 is 5.37. The van der Waals surface area contributed by atoms with E-state index in [-0.39, 0.29) is 0 Å². The quantitative estimate of drug-likeness (QED) is 0.928. The molecule has 0 bridgehead atoms. The van der Waals surface area contributed by atoms with Crippen LogP contribution >= 0.6 is 11.6 Å². The van der Waals surface area contributed by atoms with Crippen LogP contribution in [-0.2, 0) is 0 Å². The fourth-order valence-electron chi connectivity index (χ4n) is 1.82. The zero-order valence-electron chi connectivity index (χ0n) is 11.2. The minimum absolute atomic E-state index is 0.602. The molecule has 0 saturated heterocycles. The third-order valence-corrected chi connectivity index (χ3v) is 2.96. The molecular weight excluding hydrogens is 262 g/mol. The molecule has 4 nitrogen and oxygen atoms in total. The van der Waals surface area contributed by atoms with Crippen molar-refractivity contribution in [1.29, 1.82) is 0 Å². The molecule has 1 aromatic carbocycles.